The zero-order valence-electron chi connectivity index (χ0n) is 20.6. The van der Waals surface area contributed by atoms with Gasteiger partial charge in [-0.1, -0.05) is 54.6 Å². The van der Waals surface area contributed by atoms with E-state index in [1.54, 1.807) is 30.5 Å². The van der Waals surface area contributed by atoms with Crippen LogP contribution in [0.1, 0.15) is 29.8 Å². The molecule has 0 atom stereocenters. The minimum atomic E-state index is -0.610. The average Bonchev–Trinajstić information content (AvgIpc) is 3.30. The third-order valence-corrected chi connectivity index (χ3v) is 6.28. The topological polar surface area (TPSA) is 94.6 Å². The Morgan fingerprint density at radius 2 is 1.68 bits per heavy atom. The molecular weight excluding hydrogens is 464 g/mol. The van der Waals surface area contributed by atoms with E-state index in [0.717, 1.165) is 32.8 Å². The van der Waals surface area contributed by atoms with Crippen molar-refractivity contribution >= 4 is 44.8 Å². The monoisotopic (exact) mass is 490 g/mol. The molecule has 0 aliphatic carbocycles. The number of ether oxygens (including phenoxy) is 1. The van der Waals surface area contributed by atoms with Crippen LogP contribution < -0.4 is 15.8 Å². The third kappa shape index (κ3) is 4.69. The molecule has 0 aliphatic rings. The Hall–Kier alpha value is -4.84. The predicted molar refractivity (Wildman–Crippen MR) is 148 cm³/mol. The van der Waals surface area contributed by atoms with Crippen LogP contribution in [0.4, 0.5) is 5.69 Å². The normalized spacial score (nSPS) is 11.6. The molecule has 4 aromatic carbocycles. The van der Waals surface area contributed by atoms with Gasteiger partial charge >= 0.3 is 0 Å². The number of primary amides is 1. The molecule has 6 heteroatoms. The highest BCUT2D eigenvalue weighted by atomic mass is 16.5. The van der Waals surface area contributed by atoms with Gasteiger partial charge in [-0.25, -0.2) is 0 Å². The van der Waals surface area contributed by atoms with Gasteiger partial charge in [0.1, 0.15) is 11.3 Å². The summed E-state index contributed by atoms with van der Waals surface area (Å²) in [4.78, 5) is 24.6. The lowest BCUT2D eigenvalue weighted by Crippen LogP contribution is -2.17. The summed E-state index contributed by atoms with van der Waals surface area (Å²) >= 11 is 0. The third-order valence-electron chi connectivity index (χ3n) is 6.28. The highest BCUT2D eigenvalue weighted by Gasteiger charge is 2.17. The second-order valence-corrected chi connectivity index (χ2v) is 8.68. The van der Waals surface area contributed by atoms with Crippen LogP contribution in [0.2, 0.25) is 0 Å². The summed E-state index contributed by atoms with van der Waals surface area (Å²) in [6.45, 7) is 4.21. The molecule has 0 radical (unpaired) electrons. The standard InChI is InChI=1S/C31H26N2O4/c1-3-36-28-17-29-25(26(18-37-29)22-13-8-10-20-9-4-5-11-21(20)22)16-24(28)19(2)15-30(34)33-27-14-7-6-12-23(27)31(32)35/h4-18H,3H2,1-2H3,(H2,32,35)(H,33,34)/b19-15+. The summed E-state index contributed by atoms with van der Waals surface area (Å²) in [6.07, 6.45) is 3.25. The number of carbonyl (C=O) groups is 2. The number of benzene rings is 4. The Bertz CT molecular complexity index is 1670. The lowest BCUT2D eigenvalue weighted by Gasteiger charge is -2.12. The summed E-state index contributed by atoms with van der Waals surface area (Å²) in [5.74, 6) is -0.371. The molecule has 0 aliphatic heterocycles. The van der Waals surface area contributed by atoms with E-state index in [4.69, 9.17) is 14.9 Å². The van der Waals surface area contributed by atoms with E-state index in [0.29, 0.717) is 29.2 Å². The number of hydrogen-bond acceptors (Lipinski definition) is 4. The number of nitrogens with one attached hydrogen (secondary N) is 1. The highest BCUT2D eigenvalue weighted by molar-refractivity contribution is 6.09. The summed E-state index contributed by atoms with van der Waals surface area (Å²) in [5.41, 5.74) is 10.2. The Balaban J connectivity index is 1.57. The molecule has 0 bridgehead atoms. The first-order chi connectivity index (χ1) is 18.0. The molecule has 184 valence electrons. The molecule has 6 nitrogen and oxygen atoms in total. The van der Waals surface area contributed by atoms with Crippen molar-refractivity contribution in [2.45, 2.75) is 13.8 Å². The van der Waals surface area contributed by atoms with Crippen LogP contribution in [0, 0.1) is 0 Å². The van der Waals surface area contributed by atoms with E-state index in [1.807, 2.05) is 44.2 Å². The van der Waals surface area contributed by atoms with Crippen molar-refractivity contribution in [2.24, 2.45) is 5.73 Å². The summed E-state index contributed by atoms with van der Waals surface area (Å²) in [5, 5.41) is 5.95. The van der Waals surface area contributed by atoms with Crippen molar-refractivity contribution in [3.63, 3.8) is 0 Å². The van der Waals surface area contributed by atoms with Crippen molar-refractivity contribution in [2.75, 3.05) is 11.9 Å². The van der Waals surface area contributed by atoms with Crippen LogP contribution in [-0.4, -0.2) is 18.4 Å². The zero-order valence-corrected chi connectivity index (χ0v) is 20.6. The summed E-state index contributed by atoms with van der Waals surface area (Å²) < 4.78 is 11.9. The van der Waals surface area contributed by atoms with Crippen molar-refractivity contribution in [1.29, 1.82) is 0 Å². The van der Waals surface area contributed by atoms with Crippen molar-refractivity contribution < 1.29 is 18.7 Å². The van der Waals surface area contributed by atoms with Gasteiger partial charge in [0.05, 0.1) is 24.1 Å². The molecule has 5 aromatic rings. The molecule has 2 amide bonds. The molecule has 1 aromatic heterocycles. The van der Waals surface area contributed by atoms with E-state index in [-0.39, 0.29) is 11.5 Å². The van der Waals surface area contributed by atoms with Gasteiger partial charge in [-0.3, -0.25) is 9.59 Å². The zero-order chi connectivity index (χ0) is 25.9. The Morgan fingerprint density at radius 3 is 2.49 bits per heavy atom. The number of allylic oxidation sites excluding steroid dienone is 1. The molecule has 37 heavy (non-hydrogen) atoms. The molecule has 0 fully saturated rings. The first-order valence-electron chi connectivity index (χ1n) is 12.0. The lowest BCUT2D eigenvalue weighted by molar-refractivity contribution is -0.111. The maximum absolute atomic E-state index is 12.9. The fourth-order valence-electron chi connectivity index (χ4n) is 4.56. The van der Waals surface area contributed by atoms with Gasteiger partial charge in [-0.05, 0) is 54.0 Å². The number of rotatable bonds is 7. The summed E-state index contributed by atoms with van der Waals surface area (Å²) in [6, 6.07) is 24.9. The van der Waals surface area contributed by atoms with Crippen LogP contribution in [0.25, 0.3) is 38.4 Å². The number of carbonyl (C=O) groups excluding carboxylic acids is 2. The van der Waals surface area contributed by atoms with Gasteiger partial charge in [0, 0.05) is 28.7 Å². The maximum atomic E-state index is 12.9. The lowest BCUT2D eigenvalue weighted by atomic mass is 9.96. The minimum Gasteiger partial charge on any atom is -0.493 e. The molecule has 0 unspecified atom stereocenters. The first kappa shape index (κ1) is 23.9. The van der Waals surface area contributed by atoms with Gasteiger partial charge < -0.3 is 20.2 Å². The molecule has 1 heterocycles. The fraction of sp³-hybridized carbons (Fsp3) is 0.0968. The Kier molecular flexibility index (Phi) is 6.47. The van der Waals surface area contributed by atoms with E-state index in [9.17, 15) is 9.59 Å². The number of anilines is 1. The second-order valence-electron chi connectivity index (χ2n) is 8.68. The van der Waals surface area contributed by atoms with Gasteiger partial charge in [-0.15, -0.1) is 0 Å². The molecular formula is C31H26N2O4. The molecule has 0 spiro atoms. The Labute approximate surface area is 214 Å². The maximum Gasteiger partial charge on any atom is 0.250 e. The van der Waals surface area contributed by atoms with E-state index >= 15 is 0 Å². The highest BCUT2D eigenvalue weighted by Crippen LogP contribution is 2.39. The number of furan rings is 1. The Morgan fingerprint density at radius 1 is 0.919 bits per heavy atom. The van der Waals surface area contributed by atoms with Crippen molar-refractivity contribution in [3.05, 3.63) is 102 Å². The molecule has 3 N–H and O–H groups in total. The average molecular weight is 491 g/mol. The fourth-order valence-corrected chi connectivity index (χ4v) is 4.56. The van der Waals surface area contributed by atoms with Gasteiger partial charge in [0.2, 0.25) is 5.91 Å². The van der Waals surface area contributed by atoms with E-state index in [2.05, 4.69) is 29.6 Å². The van der Waals surface area contributed by atoms with Crippen LogP contribution in [0.5, 0.6) is 5.75 Å². The molecule has 0 saturated heterocycles. The number of hydrogen-bond donors (Lipinski definition) is 2. The summed E-state index contributed by atoms with van der Waals surface area (Å²) in [7, 11) is 0. The number of fused-ring (bicyclic) bond motifs is 2. The molecule has 5 rings (SSSR count). The van der Waals surface area contributed by atoms with Gasteiger partial charge in [0.15, 0.2) is 0 Å². The quantitative estimate of drug-likeness (QED) is 0.246. The number of nitrogens with two attached hydrogens (primary N) is 1. The van der Waals surface area contributed by atoms with Crippen molar-refractivity contribution in [1.82, 2.24) is 0 Å². The van der Waals surface area contributed by atoms with E-state index < -0.39 is 5.91 Å². The second kappa shape index (κ2) is 10.0. The van der Waals surface area contributed by atoms with E-state index in [1.165, 1.54) is 6.08 Å². The predicted octanol–water partition coefficient (Wildman–Crippen LogP) is 6.79. The molecule has 0 saturated carbocycles. The first-order valence-corrected chi connectivity index (χ1v) is 12.0. The van der Waals surface area contributed by atoms with Gasteiger partial charge in [-0.2, -0.15) is 0 Å². The number of amides is 2. The minimum absolute atomic E-state index is 0.247. The largest absolute Gasteiger partial charge is 0.493 e. The van der Waals surface area contributed by atoms with Crippen LogP contribution in [0.15, 0.2) is 95.6 Å². The van der Waals surface area contributed by atoms with Crippen LogP contribution in [-0.2, 0) is 4.79 Å². The van der Waals surface area contributed by atoms with Crippen molar-refractivity contribution in [3.8, 4) is 16.9 Å². The number of para-hydroxylation sites is 1. The van der Waals surface area contributed by atoms with Gasteiger partial charge in [0.25, 0.3) is 5.91 Å². The van der Waals surface area contributed by atoms with Crippen LogP contribution in [0.3, 0.4) is 0 Å². The smallest absolute Gasteiger partial charge is 0.250 e. The SMILES string of the molecule is CCOc1cc2occ(-c3cccc4ccccc34)c2cc1/C(C)=C/C(=O)Nc1ccccc1C(N)=O. The van der Waals surface area contributed by atoms with Crippen LogP contribution >= 0.6 is 0 Å².